The Morgan fingerprint density at radius 2 is 1.81 bits per heavy atom. The summed E-state index contributed by atoms with van der Waals surface area (Å²) >= 11 is 0. The van der Waals surface area contributed by atoms with E-state index in [0.717, 1.165) is 47.7 Å². The molecule has 1 aliphatic carbocycles. The van der Waals surface area contributed by atoms with Gasteiger partial charge in [0.2, 0.25) is 0 Å². The zero-order valence-corrected chi connectivity index (χ0v) is 17.8. The van der Waals surface area contributed by atoms with Crippen molar-refractivity contribution in [3.8, 4) is 0 Å². The topological polar surface area (TPSA) is 65.2 Å². The van der Waals surface area contributed by atoms with Crippen LogP contribution in [-0.4, -0.2) is 22.0 Å². The van der Waals surface area contributed by atoms with Gasteiger partial charge in [-0.15, -0.1) is 0 Å². The summed E-state index contributed by atoms with van der Waals surface area (Å²) in [6, 6.07) is 13.8. The lowest BCUT2D eigenvalue weighted by Crippen LogP contribution is -2.45. The smallest absolute Gasteiger partial charge is 0.318 e. The Bertz CT molecular complexity index is 1120. The minimum Gasteiger partial charge on any atom is -0.335 e. The molecule has 5 nitrogen and oxygen atoms in total. The van der Waals surface area contributed by atoms with Gasteiger partial charge in [-0.1, -0.05) is 43.0 Å². The number of hydrogen-bond donors (Lipinski definition) is 2. The number of aromatic nitrogens is 1. The van der Waals surface area contributed by atoms with Gasteiger partial charge in [-0.3, -0.25) is 4.79 Å². The predicted molar refractivity (Wildman–Crippen MR) is 120 cm³/mol. The molecule has 1 aliphatic rings. The number of hydrogen-bond acceptors (Lipinski definition) is 2. The average molecular weight is 422 g/mol. The van der Waals surface area contributed by atoms with Gasteiger partial charge in [-0.2, -0.15) is 0 Å². The van der Waals surface area contributed by atoms with E-state index in [0.29, 0.717) is 12.1 Å². The Balaban J connectivity index is 1.60. The Morgan fingerprint density at radius 3 is 2.55 bits per heavy atom. The molecule has 3 aromatic rings. The molecule has 0 bridgehead atoms. The fourth-order valence-corrected chi connectivity index (χ4v) is 4.22. The first kappa shape index (κ1) is 21.1. The fraction of sp³-hybridized carbons (Fsp3) is 0.360. The Labute approximate surface area is 181 Å². The molecule has 6 heteroatoms. The second-order valence-electron chi connectivity index (χ2n) is 8.48. The third-order valence-corrected chi connectivity index (χ3v) is 5.94. The number of carbonyl (C=O) groups is 1. The monoisotopic (exact) mass is 421 g/mol. The molecule has 4 rings (SSSR count). The van der Waals surface area contributed by atoms with Crippen LogP contribution in [0.25, 0.3) is 10.9 Å². The third kappa shape index (κ3) is 5.32. The molecule has 0 atom stereocenters. The lowest BCUT2D eigenvalue weighted by atomic mass is 9.96. The van der Waals surface area contributed by atoms with Crippen LogP contribution in [-0.2, 0) is 13.1 Å². The fourth-order valence-electron chi connectivity index (χ4n) is 4.22. The molecule has 1 heterocycles. The first-order valence-corrected chi connectivity index (χ1v) is 10.9. The Morgan fingerprint density at radius 1 is 1.06 bits per heavy atom. The number of benzene rings is 2. The highest BCUT2D eigenvalue weighted by atomic mass is 19.1. The number of nitrogens with one attached hydrogen (secondary N) is 2. The van der Waals surface area contributed by atoms with Crippen LogP contribution >= 0.6 is 0 Å². The van der Waals surface area contributed by atoms with Crippen LogP contribution in [0.5, 0.6) is 0 Å². The minimum absolute atomic E-state index is 0.162. The number of urea groups is 1. The lowest BCUT2D eigenvalue weighted by Gasteiger charge is -2.28. The maximum Gasteiger partial charge on any atom is 0.318 e. The number of rotatable bonds is 5. The largest absolute Gasteiger partial charge is 0.335 e. The molecule has 0 radical (unpaired) electrons. The predicted octanol–water partition coefficient (Wildman–Crippen LogP) is 5.02. The van der Waals surface area contributed by atoms with Gasteiger partial charge in [0.1, 0.15) is 5.82 Å². The highest BCUT2D eigenvalue weighted by Gasteiger charge is 2.21. The molecule has 2 amide bonds. The molecule has 2 N–H and O–H groups in total. The summed E-state index contributed by atoms with van der Waals surface area (Å²) in [7, 11) is 0. The van der Waals surface area contributed by atoms with E-state index in [1.54, 1.807) is 17.0 Å². The van der Waals surface area contributed by atoms with Crippen LogP contribution in [0.3, 0.4) is 0 Å². The van der Waals surface area contributed by atoms with Crippen molar-refractivity contribution < 1.29 is 9.18 Å². The molecule has 0 saturated heterocycles. The standard InChI is InChI=1S/C25H28FN3O2/c1-17-7-12-23-19(13-17)14-20(24(30)28-23)16-29(15-18-8-10-21(26)11-9-18)25(31)27-22-5-3-2-4-6-22/h7-14,22H,2-6,15-16H2,1H3,(H,27,31)(H,28,30). The van der Waals surface area contributed by atoms with Crippen LogP contribution in [0.2, 0.25) is 0 Å². The molecule has 162 valence electrons. The molecule has 1 fully saturated rings. The minimum atomic E-state index is -0.316. The normalized spacial score (nSPS) is 14.5. The number of pyridine rings is 1. The third-order valence-electron chi connectivity index (χ3n) is 5.94. The molecule has 1 saturated carbocycles. The number of fused-ring (bicyclic) bond motifs is 1. The van der Waals surface area contributed by atoms with Crippen molar-refractivity contribution in [2.45, 2.75) is 58.2 Å². The van der Waals surface area contributed by atoms with Crippen molar-refractivity contribution >= 4 is 16.9 Å². The van der Waals surface area contributed by atoms with E-state index in [-0.39, 0.29) is 30.0 Å². The van der Waals surface area contributed by atoms with Crippen LogP contribution < -0.4 is 10.9 Å². The quantitative estimate of drug-likeness (QED) is 0.608. The van der Waals surface area contributed by atoms with Crippen molar-refractivity contribution in [2.75, 3.05) is 0 Å². The number of nitrogens with zero attached hydrogens (tertiary/aromatic N) is 1. The van der Waals surface area contributed by atoms with E-state index in [9.17, 15) is 14.0 Å². The number of aryl methyl sites for hydroxylation is 1. The van der Waals surface area contributed by atoms with Crippen LogP contribution in [0.1, 0.15) is 48.8 Å². The second-order valence-corrected chi connectivity index (χ2v) is 8.48. The van der Waals surface area contributed by atoms with Crippen LogP contribution in [0.4, 0.5) is 9.18 Å². The summed E-state index contributed by atoms with van der Waals surface area (Å²) < 4.78 is 13.3. The summed E-state index contributed by atoms with van der Waals surface area (Å²) in [6.45, 7) is 2.47. The van der Waals surface area contributed by atoms with Gasteiger partial charge >= 0.3 is 6.03 Å². The van der Waals surface area contributed by atoms with Crippen molar-refractivity contribution in [2.24, 2.45) is 0 Å². The molecule has 0 unspecified atom stereocenters. The molecule has 0 aliphatic heterocycles. The van der Waals surface area contributed by atoms with Crippen molar-refractivity contribution in [3.05, 3.63) is 81.4 Å². The summed E-state index contributed by atoms with van der Waals surface area (Å²) in [6.07, 6.45) is 5.40. The molecule has 31 heavy (non-hydrogen) atoms. The summed E-state index contributed by atoms with van der Waals surface area (Å²) in [5.74, 6) is -0.316. The SMILES string of the molecule is Cc1ccc2[nH]c(=O)c(CN(Cc3ccc(F)cc3)C(=O)NC3CCCCC3)cc2c1. The first-order chi connectivity index (χ1) is 15.0. The van der Waals surface area contributed by atoms with Crippen LogP contribution in [0.15, 0.2) is 53.3 Å². The van der Waals surface area contributed by atoms with E-state index in [4.69, 9.17) is 0 Å². The van der Waals surface area contributed by atoms with E-state index < -0.39 is 0 Å². The maximum atomic E-state index is 13.3. The first-order valence-electron chi connectivity index (χ1n) is 10.9. The summed E-state index contributed by atoms with van der Waals surface area (Å²) in [5, 5.41) is 4.07. The van der Waals surface area contributed by atoms with Gasteiger partial charge in [-0.05, 0) is 61.0 Å². The van der Waals surface area contributed by atoms with Crippen molar-refractivity contribution in [1.29, 1.82) is 0 Å². The number of aromatic amines is 1. The zero-order valence-electron chi connectivity index (χ0n) is 17.8. The maximum absolute atomic E-state index is 13.3. The van der Waals surface area contributed by atoms with Gasteiger partial charge < -0.3 is 15.2 Å². The summed E-state index contributed by atoms with van der Waals surface area (Å²) in [5.41, 5.74) is 3.01. The molecule has 2 aromatic carbocycles. The number of carbonyl (C=O) groups excluding carboxylic acids is 1. The molecule has 1 aromatic heterocycles. The van der Waals surface area contributed by atoms with E-state index in [2.05, 4.69) is 10.3 Å². The highest BCUT2D eigenvalue weighted by Crippen LogP contribution is 2.19. The molecular formula is C25H28FN3O2. The van der Waals surface area contributed by atoms with Gasteiger partial charge in [0.05, 0.1) is 6.54 Å². The van der Waals surface area contributed by atoms with Crippen molar-refractivity contribution in [3.63, 3.8) is 0 Å². The number of amides is 2. The zero-order chi connectivity index (χ0) is 21.8. The van der Waals surface area contributed by atoms with E-state index >= 15 is 0 Å². The Hall–Kier alpha value is -3.15. The number of halogens is 1. The molecular weight excluding hydrogens is 393 g/mol. The van der Waals surface area contributed by atoms with Gasteiger partial charge in [0.25, 0.3) is 5.56 Å². The second kappa shape index (κ2) is 9.33. The van der Waals surface area contributed by atoms with Crippen LogP contribution in [0, 0.1) is 12.7 Å². The van der Waals surface area contributed by atoms with Gasteiger partial charge in [0, 0.05) is 23.7 Å². The summed E-state index contributed by atoms with van der Waals surface area (Å²) in [4.78, 5) is 30.4. The Kier molecular flexibility index (Phi) is 6.35. The average Bonchev–Trinajstić information content (AvgIpc) is 2.76. The van der Waals surface area contributed by atoms with E-state index in [1.807, 2.05) is 31.2 Å². The van der Waals surface area contributed by atoms with E-state index in [1.165, 1.54) is 18.6 Å². The van der Waals surface area contributed by atoms with Gasteiger partial charge in [-0.25, -0.2) is 9.18 Å². The molecule has 0 spiro atoms. The van der Waals surface area contributed by atoms with Crippen molar-refractivity contribution in [1.82, 2.24) is 15.2 Å². The highest BCUT2D eigenvalue weighted by molar-refractivity contribution is 5.80. The lowest BCUT2D eigenvalue weighted by molar-refractivity contribution is 0.184. The van der Waals surface area contributed by atoms with Gasteiger partial charge in [0.15, 0.2) is 0 Å². The number of H-pyrrole nitrogens is 1.